The number of aromatic amines is 1. The van der Waals surface area contributed by atoms with Crippen LogP contribution in [0.4, 0.5) is 0 Å². The third kappa shape index (κ3) is 2.33. The Morgan fingerprint density at radius 2 is 1.93 bits per heavy atom. The zero-order valence-electron chi connectivity index (χ0n) is 17.8. The van der Waals surface area contributed by atoms with Crippen LogP contribution in [0.2, 0.25) is 0 Å². The van der Waals surface area contributed by atoms with E-state index in [1.54, 1.807) is 6.92 Å². The number of ether oxygens (including phenoxy) is 1. The van der Waals surface area contributed by atoms with E-state index in [0.29, 0.717) is 12.8 Å². The number of cyclic esters (lactones) is 1. The van der Waals surface area contributed by atoms with Crippen molar-refractivity contribution in [3.63, 3.8) is 0 Å². The van der Waals surface area contributed by atoms with Crippen LogP contribution in [-0.4, -0.2) is 33.6 Å². The Labute approximate surface area is 176 Å². The molecule has 2 aliphatic rings. The van der Waals surface area contributed by atoms with Crippen molar-refractivity contribution in [2.75, 3.05) is 6.61 Å². The van der Waals surface area contributed by atoms with E-state index >= 15 is 0 Å². The van der Waals surface area contributed by atoms with E-state index in [1.165, 1.54) is 0 Å². The summed E-state index contributed by atoms with van der Waals surface area (Å²) in [7, 11) is 0. The second kappa shape index (κ2) is 6.32. The molecule has 1 fully saturated rings. The van der Waals surface area contributed by atoms with Gasteiger partial charge in [0.2, 0.25) is 5.79 Å². The van der Waals surface area contributed by atoms with Crippen LogP contribution in [0.15, 0.2) is 36.4 Å². The van der Waals surface area contributed by atoms with Gasteiger partial charge in [0.05, 0.1) is 5.41 Å². The number of carbonyl (C=O) groups excluding carboxylic acids is 1. The van der Waals surface area contributed by atoms with Gasteiger partial charge in [0.1, 0.15) is 0 Å². The van der Waals surface area contributed by atoms with Crippen LogP contribution in [0.25, 0.3) is 21.8 Å². The van der Waals surface area contributed by atoms with Crippen molar-refractivity contribution < 1.29 is 19.7 Å². The Hall–Kier alpha value is -2.37. The molecule has 0 radical (unpaired) electrons. The second-order valence-electron chi connectivity index (χ2n) is 9.54. The van der Waals surface area contributed by atoms with Gasteiger partial charge in [0.15, 0.2) is 0 Å². The summed E-state index contributed by atoms with van der Waals surface area (Å²) in [5, 5.41) is 22.8. The lowest BCUT2D eigenvalue weighted by molar-refractivity contribution is -0.278. The summed E-state index contributed by atoms with van der Waals surface area (Å²) in [4.78, 5) is 17.2. The minimum absolute atomic E-state index is 0.0144. The summed E-state index contributed by atoms with van der Waals surface area (Å²) < 4.78 is 5.69. The highest BCUT2D eigenvalue weighted by Gasteiger charge is 2.67. The molecule has 30 heavy (non-hydrogen) atoms. The predicted octanol–water partition coefficient (Wildman–Crippen LogP) is 4.19. The third-order valence-corrected chi connectivity index (χ3v) is 8.20. The van der Waals surface area contributed by atoms with Gasteiger partial charge in [-0.1, -0.05) is 32.0 Å². The smallest absolute Gasteiger partial charge is 0.319 e. The molecule has 0 amide bonds. The van der Waals surface area contributed by atoms with E-state index in [2.05, 4.69) is 36.2 Å². The largest absolute Gasteiger partial charge is 0.433 e. The minimum Gasteiger partial charge on any atom is -0.433 e. The van der Waals surface area contributed by atoms with Crippen molar-refractivity contribution >= 4 is 27.8 Å². The van der Waals surface area contributed by atoms with E-state index in [0.717, 1.165) is 45.8 Å². The maximum Gasteiger partial charge on any atom is 0.319 e. The number of para-hydroxylation sites is 1. The fourth-order valence-electron chi connectivity index (χ4n) is 6.21. The van der Waals surface area contributed by atoms with Crippen molar-refractivity contribution in [2.45, 2.75) is 57.7 Å². The van der Waals surface area contributed by atoms with Gasteiger partial charge in [-0.15, -0.1) is 0 Å². The fraction of sp³-hybridized carbons (Fsp3) is 0.480. The molecule has 0 unspecified atom stereocenters. The highest BCUT2D eigenvalue weighted by Crippen LogP contribution is 2.62. The normalized spacial score (nSPS) is 33.4. The summed E-state index contributed by atoms with van der Waals surface area (Å²) in [6, 6.07) is 12.5. The molecule has 1 aromatic heterocycles. The Balaban J connectivity index is 1.82. The highest BCUT2D eigenvalue weighted by atomic mass is 16.7. The number of aliphatic hydroxyl groups excluding tert-OH is 1. The van der Waals surface area contributed by atoms with Crippen LogP contribution in [0.1, 0.15) is 51.2 Å². The van der Waals surface area contributed by atoms with Gasteiger partial charge in [-0.2, -0.15) is 0 Å². The Morgan fingerprint density at radius 3 is 2.70 bits per heavy atom. The number of nitrogens with one attached hydrogen (secondary N) is 1. The van der Waals surface area contributed by atoms with E-state index < -0.39 is 16.6 Å². The molecule has 4 atom stereocenters. The van der Waals surface area contributed by atoms with E-state index in [9.17, 15) is 15.0 Å². The molecule has 5 rings (SSSR count). The number of hydrogen-bond donors (Lipinski definition) is 3. The number of carbonyl (C=O) groups is 1. The van der Waals surface area contributed by atoms with Crippen LogP contribution in [-0.2, 0) is 21.4 Å². The van der Waals surface area contributed by atoms with Crippen LogP contribution in [0.3, 0.4) is 0 Å². The first-order valence-electron chi connectivity index (χ1n) is 10.8. The van der Waals surface area contributed by atoms with Gasteiger partial charge in [-0.05, 0) is 60.4 Å². The van der Waals surface area contributed by atoms with Gasteiger partial charge in [0, 0.05) is 41.3 Å². The minimum atomic E-state index is -1.50. The highest BCUT2D eigenvalue weighted by molar-refractivity contribution is 6.08. The maximum absolute atomic E-state index is 13.7. The monoisotopic (exact) mass is 407 g/mol. The SMILES string of the molecule is C[C@H]1[C@]2(C)CCc3cc4[nH]c5ccccc5c4cc3[C@]2(CCCO)C(=O)O[C@@]1(C)O. The van der Waals surface area contributed by atoms with Crippen molar-refractivity contribution in [1.29, 1.82) is 0 Å². The molecule has 3 aromatic rings. The van der Waals surface area contributed by atoms with E-state index in [4.69, 9.17) is 4.74 Å². The van der Waals surface area contributed by atoms with Crippen LogP contribution in [0, 0.1) is 11.3 Å². The summed E-state index contributed by atoms with van der Waals surface area (Å²) in [5.74, 6) is -2.12. The standard InChI is InChI=1S/C25H29NO4/c1-15-23(2)11-9-16-13-21-18(17-7-4-5-8-20(17)26-21)14-19(16)25(23,10-6-12-27)22(28)30-24(15,3)29/h4-5,7-8,13-15,26-27,29H,6,9-12H2,1-3H3/t15-,23-,24+,25+/m0/s1. The topological polar surface area (TPSA) is 82.5 Å². The Kier molecular flexibility index (Phi) is 4.12. The zero-order chi connectivity index (χ0) is 21.3. The quantitative estimate of drug-likeness (QED) is 0.569. The van der Waals surface area contributed by atoms with Gasteiger partial charge < -0.3 is 19.9 Å². The number of aromatic nitrogens is 1. The molecule has 158 valence electrons. The number of aliphatic hydroxyl groups is 2. The molecular weight excluding hydrogens is 378 g/mol. The summed E-state index contributed by atoms with van der Waals surface area (Å²) in [6.45, 7) is 5.71. The van der Waals surface area contributed by atoms with Crippen LogP contribution in [0.5, 0.6) is 0 Å². The first kappa shape index (κ1) is 19.6. The van der Waals surface area contributed by atoms with Crippen molar-refractivity contribution in [1.82, 2.24) is 4.98 Å². The molecular formula is C25H29NO4. The fourth-order valence-corrected chi connectivity index (χ4v) is 6.21. The molecule has 2 aromatic carbocycles. The summed E-state index contributed by atoms with van der Waals surface area (Å²) in [5.41, 5.74) is 2.92. The molecule has 2 heterocycles. The average Bonchev–Trinajstić information content (AvgIpc) is 3.07. The number of rotatable bonds is 3. The number of fused-ring (bicyclic) bond motifs is 6. The number of esters is 1. The van der Waals surface area contributed by atoms with Gasteiger partial charge in [-0.25, -0.2) is 0 Å². The zero-order valence-corrected chi connectivity index (χ0v) is 17.8. The lowest BCUT2D eigenvalue weighted by Gasteiger charge is -2.60. The molecule has 1 aliphatic heterocycles. The molecule has 5 nitrogen and oxygen atoms in total. The lowest BCUT2D eigenvalue weighted by atomic mass is 9.47. The van der Waals surface area contributed by atoms with Crippen molar-refractivity contribution in [3.05, 3.63) is 47.5 Å². The van der Waals surface area contributed by atoms with E-state index in [-0.39, 0.29) is 18.5 Å². The first-order valence-corrected chi connectivity index (χ1v) is 10.8. The first-order chi connectivity index (χ1) is 14.2. The molecule has 0 spiro atoms. The Morgan fingerprint density at radius 1 is 1.17 bits per heavy atom. The van der Waals surface area contributed by atoms with Gasteiger partial charge in [0.25, 0.3) is 0 Å². The number of benzene rings is 2. The van der Waals surface area contributed by atoms with Gasteiger partial charge in [-0.3, -0.25) is 4.79 Å². The molecule has 5 heteroatoms. The van der Waals surface area contributed by atoms with E-state index in [1.807, 2.05) is 19.1 Å². The maximum atomic E-state index is 13.7. The molecule has 1 aliphatic carbocycles. The molecule has 0 saturated carbocycles. The second-order valence-corrected chi connectivity index (χ2v) is 9.54. The number of H-pyrrole nitrogens is 1. The lowest BCUT2D eigenvalue weighted by Crippen LogP contribution is -2.66. The van der Waals surface area contributed by atoms with Gasteiger partial charge >= 0.3 is 5.97 Å². The average molecular weight is 408 g/mol. The predicted molar refractivity (Wildman–Crippen MR) is 116 cm³/mol. The van der Waals surface area contributed by atoms with Crippen LogP contribution >= 0.6 is 0 Å². The third-order valence-electron chi connectivity index (χ3n) is 8.20. The van der Waals surface area contributed by atoms with Crippen molar-refractivity contribution in [2.24, 2.45) is 11.3 Å². The molecule has 0 bridgehead atoms. The number of aryl methyl sites for hydroxylation is 1. The number of hydrogen-bond acceptors (Lipinski definition) is 4. The van der Waals surface area contributed by atoms with Crippen molar-refractivity contribution in [3.8, 4) is 0 Å². The summed E-state index contributed by atoms with van der Waals surface area (Å²) >= 11 is 0. The summed E-state index contributed by atoms with van der Waals surface area (Å²) in [6.07, 6.45) is 2.63. The van der Waals surface area contributed by atoms with Crippen LogP contribution < -0.4 is 0 Å². The molecule has 1 saturated heterocycles. The molecule has 3 N–H and O–H groups in total. The Bertz CT molecular complexity index is 1160.